The van der Waals surface area contributed by atoms with Crippen LogP contribution in [0, 0.1) is 11.8 Å². The van der Waals surface area contributed by atoms with Crippen LogP contribution >= 0.6 is 0 Å². The third-order valence-electron chi connectivity index (χ3n) is 9.97. The Morgan fingerprint density at radius 3 is 2.24 bits per heavy atom. The molecule has 9 nitrogen and oxygen atoms in total. The average molecular weight is 629 g/mol. The fourth-order valence-electron chi connectivity index (χ4n) is 7.98. The van der Waals surface area contributed by atoms with Crippen LogP contribution in [0.25, 0.3) is 0 Å². The van der Waals surface area contributed by atoms with Gasteiger partial charge in [0.25, 0.3) is 5.91 Å². The number of rotatable bonds is 15. The molecule has 0 radical (unpaired) electrons. The molecule has 2 bridgehead atoms. The second kappa shape index (κ2) is 14.2. The standard InChI is InChI=1S/C37H48N4O5/c1-6-22-39(23-7-2)34(43)31-30-20-21-37(46-30)32(31)35(44)41(29(25-42)26-14-12-11-13-15-26)33(37)36(45)40(24-8-3)28-18-16-27(17-19-28)38(9-4)10-5/h6,8,11-19,29-33,42H,1,3,7,9-10,20-25H2,2,4-5H3/t29-,30-,31+,32+,33?,37?/m1/s1. The number of ether oxygens (including phenoxy) is 1. The van der Waals surface area contributed by atoms with Crippen molar-refractivity contribution in [3.05, 3.63) is 85.5 Å². The number of hydrogen-bond donors (Lipinski definition) is 1. The van der Waals surface area contributed by atoms with Crippen molar-refractivity contribution >= 4 is 29.1 Å². The zero-order chi connectivity index (χ0) is 33.0. The number of fused-ring (bicyclic) bond motifs is 1. The van der Waals surface area contributed by atoms with E-state index in [-0.39, 0.29) is 30.9 Å². The van der Waals surface area contributed by atoms with Crippen LogP contribution in [0.5, 0.6) is 0 Å². The molecule has 3 amide bonds. The van der Waals surface area contributed by atoms with Gasteiger partial charge in [0.1, 0.15) is 11.6 Å². The van der Waals surface area contributed by atoms with Gasteiger partial charge >= 0.3 is 0 Å². The maximum Gasteiger partial charge on any atom is 0.253 e. The lowest BCUT2D eigenvalue weighted by Gasteiger charge is -2.39. The number of carbonyl (C=O) groups excluding carboxylic acids is 3. The maximum atomic E-state index is 15.0. The highest BCUT2D eigenvalue weighted by Gasteiger charge is 2.75. The van der Waals surface area contributed by atoms with E-state index in [1.165, 1.54) is 4.90 Å². The summed E-state index contributed by atoms with van der Waals surface area (Å²) in [5, 5.41) is 10.8. The molecule has 3 aliphatic heterocycles. The lowest BCUT2D eigenvalue weighted by molar-refractivity contribution is -0.147. The van der Waals surface area contributed by atoms with Crippen molar-refractivity contribution in [1.82, 2.24) is 9.80 Å². The minimum atomic E-state index is -1.20. The number of benzene rings is 2. The molecule has 46 heavy (non-hydrogen) atoms. The van der Waals surface area contributed by atoms with Crippen molar-refractivity contribution in [3.8, 4) is 0 Å². The summed E-state index contributed by atoms with van der Waals surface area (Å²) in [6.45, 7) is 16.4. The molecule has 6 atom stereocenters. The van der Waals surface area contributed by atoms with E-state index in [4.69, 9.17) is 4.74 Å². The Kier molecular flexibility index (Phi) is 10.3. The molecule has 1 spiro atoms. The molecule has 2 unspecified atom stereocenters. The summed E-state index contributed by atoms with van der Waals surface area (Å²) in [4.78, 5) is 51.1. The molecular formula is C37H48N4O5. The van der Waals surface area contributed by atoms with Gasteiger partial charge in [0.15, 0.2) is 0 Å². The SMILES string of the molecule is C=CCN(CCC)C(=O)[C@@H]1[C@H]2C(=O)N([C@H](CO)c3ccccc3)C(C(=O)N(CC=C)c3ccc(N(CC)CC)cc3)C23CC[C@H]1O3. The van der Waals surface area contributed by atoms with Crippen molar-refractivity contribution < 1.29 is 24.2 Å². The molecule has 246 valence electrons. The minimum Gasteiger partial charge on any atom is -0.394 e. The van der Waals surface area contributed by atoms with Gasteiger partial charge in [-0.25, -0.2) is 0 Å². The normalized spacial score (nSPS) is 25.2. The summed E-state index contributed by atoms with van der Waals surface area (Å²) in [7, 11) is 0. The quantitative estimate of drug-likeness (QED) is 0.290. The van der Waals surface area contributed by atoms with E-state index in [0.29, 0.717) is 37.2 Å². The summed E-state index contributed by atoms with van der Waals surface area (Å²) >= 11 is 0. The van der Waals surface area contributed by atoms with E-state index in [0.717, 1.165) is 25.2 Å². The highest BCUT2D eigenvalue weighted by Crippen LogP contribution is 2.60. The monoisotopic (exact) mass is 628 g/mol. The van der Waals surface area contributed by atoms with Crippen LogP contribution < -0.4 is 9.80 Å². The van der Waals surface area contributed by atoms with Gasteiger partial charge in [-0.1, -0.05) is 49.4 Å². The number of likely N-dealkylation sites (tertiary alicyclic amines) is 1. The number of aliphatic hydroxyl groups is 1. The van der Waals surface area contributed by atoms with Crippen LogP contribution in [0.1, 0.15) is 51.6 Å². The van der Waals surface area contributed by atoms with Crippen LogP contribution in [0.4, 0.5) is 11.4 Å². The zero-order valence-corrected chi connectivity index (χ0v) is 27.4. The third kappa shape index (κ3) is 5.64. The van der Waals surface area contributed by atoms with Crippen LogP contribution in [-0.2, 0) is 19.1 Å². The zero-order valence-electron chi connectivity index (χ0n) is 27.4. The average Bonchev–Trinajstić information content (AvgIpc) is 3.72. The van der Waals surface area contributed by atoms with Crippen molar-refractivity contribution in [1.29, 1.82) is 0 Å². The van der Waals surface area contributed by atoms with Crippen LogP contribution in [0.15, 0.2) is 79.9 Å². The number of nitrogens with zero attached hydrogens (tertiary/aromatic N) is 4. The number of anilines is 2. The van der Waals surface area contributed by atoms with Crippen molar-refractivity contribution in [3.63, 3.8) is 0 Å². The Morgan fingerprint density at radius 2 is 1.65 bits per heavy atom. The van der Waals surface area contributed by atoms with Gasteiger partial charge in [-0.05, 0) is 62.9 Å². The van der Waals surface area contributed by atoms with Gasteiger partial charge in [-0.2, -0.15) is 0 Å². The van der Waals surface area contributed by atoms with Crippen molar-refractivity contribution in [2.75, 3.05) is 49.1 Å². The lowest BCUT2D eigenvalue weighted by Crippen LogP contribution is -2.57. The highest BCUT2D eigenvalue weighted by atomic mass is 16.5. The largest absolute Gasteiger partial charge is 0.394 e. The Morgan fingerprint density at radius 1 is 1.00 bits per heavy atom. The van der Waals surface area contributed by atoms with E-state index in [9.17, 15) is 14.7 Å². The Bertz CT molecular complexity index is 1410. The summed E-state index contributed by atoms with van der Waals surface area (Å²) in [6.07, 6.45) is 4.70. The Balaban J connectivity index is 1.61. The molecule has 3 heterocycles. The summed E-state index contributed by atoms with van der Waals surface area (Å²) < 4.78 is 6.74. The first kappa shape index (κ1) is 33.4. The molecule has 2 aromatic carbocycles. The predicted octanol–water partition coefficient (Wildman–Crippen LogP) is 4.58. The molecule has 3 aliphatic rings. The first-order chi connectivity index (χ1) is 22.3. The van der Waals surface area contributed by atoms with Crippen LogP contribution in [-0.4, -0.2) is 89.7 Å². The van der Waals surface area contributed by atoms with E-state index >= 15 is 4.79 Å². The fourth-order valence-corrected chi connectivity index (χ4v) is 7.98. The number of aliphatic hydroxyl groups excluding tert-OH is 1. The number of hydrogen-bond acceptors (Lipinski definition) is 6. The fraction of sp³-hybridized carbons (Fsp3) is 0.486. The van der Waals surface area contributed by atoms with Gasteiger partial charge in [-0.3, -0.25) is 14.4 Å². The van der Waals surface area contributed by atoms with E-state index in [2.05, 4.69) is 31.9 Å². The first-order valence-corrected chi connectivity index (χ1v) is 16.6. The second-order valence-electron chi connectivity index (χ2n) is 12.4. The summed E-state index contributed by atoms with van der Waals surface area (Å²) in [5.74, 6) is -2.34. The molecule has 3 fully saturated rings. The van der Waals surface area contributed by atoms with Gasteiger partial charge in [0.2, 0.25) is 11.8 Å². The Labute approximate surface area is 273 Å². The van der Waals surface area contributed by atoms with Crippen molar-refractivity contribution in [2.45, 2.75) is 63.8 Å². The second-order valence-corrected chi connectivity index (χ2v) is 12.4. The van der Waals surface area contributed by atoms with Crippen LogP contribution in [0.2, 0.25) is 0 Å². The molecule has 5 rings (SSSR count). The van der Waals surface area contributed by atoms with Gasteiger partial charge < -0.3 is 29.4 Å². The number of amides is 3. The minimum absolute atomic E-state index is 0.144. The van der Waals surface area contributed by atoms with E-state index < -0.39 is 35.6 Å². The molecule has 0 saturated carbocycles. The topological polar surface area (TPSA) is 93.6 Å². The number of carbonyl (C=O) groups is 3. The van der Waals surface area contributed by atoms with Crippen molar-refractivity contribution in [2.24, 2.45) is 11.8 Å². The van der Waals surface area contributed by atoms with E-state index in [1.54, 1.807) is 22.0 Å². The molecular weight excluding hydrogens is 580 g/mol. The van der Waals surface area contributed by atoms with Gasteiger partial charge in [0, 0.05) is 44.1 Å². The van der Waals surface area contributed by atoms with E-state index in [1.807, 2.05) is 61.5 Å². The maximum absolute atomic E-state index is 15.0. The van der Waals surface area contributed by atoms with Crippen LogP contribution in [0.3, 0.4) is 0 Å². The van der Waals surface area contributed by atoms with Gasteiger partial charge in [0.05, 0.1) is 30.6 Å². The summed E-state index contributed by atoms with van der Waals surface area (Å²) in [6, 6.07) is 15.3. The molecule has 0 aromatic heterocycles. The molecule has 9 heteroatoms. The highest BCUT2D eigenvalue weighted by molar-refractivity contribution is 6.05. The molecule has 3 saturated heterocycles. The molecule has 2 aromatic rings. The molecule has 0 aliphatic carbocycles. The Hall–Kier alpha value is -3.95. The third-order valence-corrected chi connectivity index (χ3v) is 9.97. The first-order valence-electron chi connectivity index (χ1n) is 16.6. The smallest absolute Gasteiger partial charge is 0.253 e. The summed E-state index contributed by atoms with van der Waals surface area (Å²) in [5.41, 5.74) is 1.24. The van der Waals surface area contributed by atoms with Gasteiger partial charge in [-0.15, -0.1) is 13.2 Å². The lowest BCUT2D eigenvalue weighted by atomic mass is 9.70. The predicted molar refractivity (Wildman–Crippen MR) is 180 cm³/mol. The molecule has 1 N–H and O–H groups in total.